The van der Waals surface area contributed by atoms with E-state index in [0.717, 1.165) is 0 Å². The average molecular weight is 479 g/mol. The Morgan fingerprint density at radius 3 is 2.47 bits per heavy atom. The Morgan fingerprint density at radius 1 is 1.06 bits per heavy atom. The van der Waals surface area contributed by atoms with Crippen LogP contribution in [-0.4, -0.2) is 48.9 Å². The minimum Gasteiger partial charge on any atom is -0.534 e. The summed E-state index contributed by atoms with van der Waals surface area (Å²) in [6.45, 7) is -0.643. The highest BCUT2D eigenvalue weighted by Gasteiger charge is 2.38. The molecular weight excluding hydrogens is 458 g/mol. The van der Waals surface area contributed by atoms with Crippen LogP contribution in [0.25, 0.3) is 0 Å². The molecule has 12 heteroatoms. The number of rotatable bonds is 8. The van der Waals surface area contributed by atoms with Crippen molar-refractivity contribution in [1.29, 1.82) is 0 Å². The fourth-order valence-electron chi connectivity index (χ4n) is 3.31. The van der Waals surface area contributed by atoms with Gasteiger partial charge in [-0.05, 0) is 36.6 Å². The first-order valence-electron chi connectivity index (χ1n) is 10.4. The quantitative estimate of drug-likeness (QED) is 0.340. The van der Waals surface area contributed by atoms with Crippen LogP contribution in [0.5, 0.6) is 5.75 Å². The Morgan fingerprint density at radius 2 is 1.76 bits per heavy atom. The van der Waals surface area contributed by atoms with E-state index in [1.54, 1.807) is 36.4 Å². The lowest BCUT2D eigenvalue weighted by Crippen LogP contribution is -2.53. The predicted molar refractivity (Wildman–Crippen MR) is 113 cm³/mol. The van der Waals surface area contributed by atoms with E-state index in [2.05, 4.69) is 5.32 Å². The third-order valence-corrected chi connectivity index (χ3v) is 4.94. The summed E-state index contributed by atoms with van der Waals surface area (Å²) in [5.41, 5.74) is 0.734. The maximum atomic E-state index is 12.5. The van der Waals surface area contributed by atoms with Crippen LogP contribution in [-0.2, 0) is 20.7 Å². The number of benzene rings is 2. The van der Waals surface area contributed by atoms with Crippen LogP contribution in [0.1, 0.15) is 45.5 Å². The molecule has 1 heterocycles. The van der Waals surface area contributed by atoms with Gasteiger partial charge in [0, 0.05) is 12.8 Å². The second-order valence-corrected chi connectivity index (χ2v) is 7.50. The van der Waals surface area contributed by atoms with Gasteiger partial charge in [-0.3, -0.25) is 4.79 Å². The Labute approximate surface area is 193 Å². The van der Waals surface area contributed by atoms with E-state index in [1.807, 2.05) is 0 Å². The van der Waals surface area contributed by atoms with E-state index in [9.17, 15) is 32.6 Å². The van der Waals surface area contributed by atoms with Crippen LogP contribution in [0.4, 0.5) is 13.2 Å². The van der Waals surface area contributed by atoms with Crippen LogP contribution in [0.2, 0.25) is 0 Å². The Kier molecular flexibility index (Phi) is 8.16. The second kappa shape index (κ2) is 11.1. The predicted octanol–water partition coefficient (Wildman–Crippen LogP) is 2.83. The molecule has 34 heavy (non-hydrogen) atoms. The van der Waals surface area contributed by atoms with Gasteiger partial charge in [0.05, 0.1) is 11.5 Å². The minimum absolute atomic E-state index is 0.0257. The highest BCUT2D eigenvalue weighted by molar-refractivity contribution is 6.47. The number of para-hydroxylation sites is 1. The van der Waals surface area contributed by atoms with Gasteiger partial charge >= 0.3 is 25.2 Å². The Hall–Kier alpha value is -3.54. The molecule has 0 bridgehead atoms. The van der Waals surface area contributed by atoms with Crippen LogP contribution >= 0.6 is 0 Å². The maximum absolute atomic E-state index is 12.5. The number of alkyl halides is 3. The second-order valence-electron chi connectivity index (χ2n) is 7.50. The Bertz CT molecular complexity index is 1030. The number of esters is 2. The van der Waals surface area contributed by atoms with Crippen molar-refractivity contribution in [3.8, 4) is 5.75 Å². The van der Waals surface area contributed by atoms with Crippen molar-refractivity contribution in [1.82, 2.24) is 5.32 Å². The summed E-state index contributed by atoms with van der Waals surface area (Å²) in [5.74, 6) is -3.07. The number of carbonyl (C=O) groups is 3. The highest BCUT2D eigenvalue weighted by Crippen LogP contribution is 2.31. The summed E-state index contributed by atoms with van der Waals surface area (Å²) in [4.78, 5) is 36.3. The molecule has 8 nitrogen and oxygen atoms in total. The van der Waals surface area contributed by atoms with Crippen molar-refractivity contribution < 1.29 is 46.7 Å². The van der Waals surface area contributed by atoms with Crippen LogP contribution < -0.4 is 9.97 Å². The summed E-state index contributed by atoms with van der Waals surface area (Å²) < 4.78 is 52.0. The zero-order valence-electron chi connectivity index (χ0n) is 17.8. The van der Waals surface area contributed by atoms with Crippen molar-refractivity contribution in [2.75, 3.05) is 6.79 Å². The van der Waals surface area contributed by atoms with Gasteiger partial charge in [0.25, 0.3) is 0 Å². The minimum atomic E-state index is -4.35. The molecule has 2 N–H and O–H groups in total. The number of nitrogens with one attached hydrogen (secondary N) is 1. The maximum Gasteiger partial charge on any atom is 0.547 e. The zero-order valence-corrected chi connectivity index (χ0v) is 17.8. The zero-order chi connectivity index (χ0) is 24.7. The fourth-order valence-corrected chi connectivity index (χ4v) is 3.31. The lowest BCUT2D eigenvalue weighted by Gasteiger charge is -2.29. The number of hydrogen-bond acceptors (Lipinski definition) is 7. The molecule has 0 unspecified atom stereocenters. The number of hydrogen-bond donors (Lipinski definition) is 2. The molecule has 1 atom stereocenters. The first kappa shape index (κ1) is 25.1. The summed E-state index contributed by atoms with van der Waals surface area (Å²) in [6.07, 6.45) is -6.09. The Balaban J connectivity index is 1.55. The lowest BCUT2D eigenvalue weighted by atomic mass is 9.72. The SMILES string of the molecule is O=C(CCCC(F)(F)F)N[C@H]1Cc2cccc(C(=O)OCOC(=O)c3ccccc3)c2OB1O. The van der Waals surface area contributed by atoms with Crippen LogP contribution in [0.3, 0.4) is 0 Å². The molecule has 1 amide bonds. The van der Waals surface area contributed by atoms with E-state index >= 15 is 0 Å². The van der Waals surface area contributed by atoms with Crippen molar-refractivity contribution >= 4 is 25.0 Å². The molecular formula is C22H21BF3NO7. The number of amides is 1. The van der Waals surface area contributed by atoms with Crippen molar-refractivity contribution in [2.24, 2.45) is 0 Å². The summed E-state index contributed by atoms with van der Waals surface area (Å²) in [5, 5.41) is 12.7. The van der Waals surface area contributed by atoms with Crippen LogP contribution in [0, 0.1) is 0 Å². The summed E-state index contributed by atoms with van der Waals surface area (Å²) in [7, 11) is -1.54. The molecule has 0 spiro atoms. The third-order valence-electron chi connectivity index (χ3n) is 4.94. The van der Waals surface area contributed by atoms with E-state index in [0.29, 0.717) is 5.56 Å². The van der Waals surface area contributed by atoms with Crippen molar-refractivity contribution in [3.05, 3.63) is 65.2 Å². The topological polar surface area (TPSA) is 111 Å². The summed E-state index contributed by atoms with van der Waals surface area (Å²) in [6, 6.07) is 12.7. The van der Waals surface area contributed by atoms with Gasteiger partial charge in [0.2, 0.25) is 12.7 Å². The monoisotopic (exact) mass is 479 g/mol. The van der Waals surface area contributed by atoms with Crippen molar-refractivity contribution in [3.63, 3.8) is 0 Å². The molecule has 1 aliphatic rings. The molecule has 3 rings (SSSR count). The first-order valence-corrected chi connectivity index (χ1v) is 10.4. The van der Waals surface area contributed by atoms with Crippen LogP contribution in [0.15, 0.2) is 48.5 Å². The van der Waals surface area contributed by atoms with E-state index in [-0.39, 0.29) is 36.1 Å². The van der Waals surface area contributed by atoms with Gasteiger partial charge in [0.15, 0.2) is 0 Å². The molecule has 0 saturated heterocycles. The molecule has 0 aliphatic carbocycles. The molecule has 180 valence electrons. The third kappa shape index (κ3) is 6.98. The smallest absolute Gasteiger partial charge is 0.534 e. The fraction of sp³-hybridized carbons (Fsp3) is 0.318. The molecule has 0 saturated carbocycles. The lowest BCUT2D eigenvalue weighted by molar-refractivity contribution is -0.137. The van der Waals surface area contributed by atoms with Gasteiger partial charge in [-0.25, -0.2) is 9.59 Å². The van der Waals surface area contributed by atoms with Gasteiger partial charge in [-0.15, -0.1) is 0 Å². The standard InChI is InChI=1S/C22H21BF3NO7/c24-22(25,26)11-5-10-18(28)27-17-12-15-8-4-9-16(19(15)34-23(17)31)21(30)33-13-32-20(29)14-6-2-1-3-7-14/h1-4,6-9,17,31H,5,10-13H2,(H,27,28)/t17-/m0/s1. The van der Waals surface area contributed by atoms with E-state index in [1.165, 1.54) is 12.1 Å². The van der Waals surface area contributed by atoms with E-state index in [4.69, 9.17) is 14.1 Å². The largest absolute Gasteiger partial charge is 0.547 e. The average Bonchev–Trinajstić information content (AvgIpc) is 2.78. The molecule has 0 fully saturated rings. The first-order chi connectivity index (χ1) is 16.1. The number of halogens is 3. The molecule has 1 aliphatic heterocycles. The van der Waals surface area contributed by atoms with Gasteiger partial charge in [-0.1, -0.05) is 30.3 Å². The summed E-state index contributed by atoms with van der Waals surface area (Å²) >= 11 is 0. The van der Waals surface area contributed by atoms with Crippen molar-refractivity contribution in [2.45, 2.75) is 37.8 Å². The van der Waals surface area contributed by atoms with Gasteiger partial charge in [0.1, 0.15) is 11.3 Å². The number of fused-ring (bicyclic) bond motifs is 1. The van der Waals surface area contributed by atoms with Gasteiger partial charge < -0.3 is 24.5 Å². The molecule has 2 aromatic carbocycles. The normalized spacial score (nSPS) is 15.1. The van der Waals surface area contributed by atoms with E-state index < -0.39 is 50.3 Å². The highest BCUT2D eigenvalue weighted by atomic mass is 19.4. The number of ether oxygens (including phenoxy) is 2. The molecule has 0 aromatic heterocycles. The molecule has 0 radical (unpaired) electrons. The molecule has 2 aromatic rings. The van der Waals surface area contributed by atoms with Gasteiger partial charge in [-0.2, -0.15) is 13.2 Å². The number of carbonyl (C=O) groups excluding carboxylic acids is 3.